The highest BCUT2D eigenvalue weighted by atomic mass is 15.0. The summed E-state index contributed by atoms with van der Waals surface area (Å²) in [7, 11) is 0. The number of fused-ring (bicyclic) bond motifs is 11. The van der Waals surface area contributed by atoms with Gasteiger partial charge in [-0.05, 0) is 111 Å². The van der Waals surface area contributed by atoms with Crippen molar-refractivity contribution in [3.05, 3.63) is 150 Å². The maximum absolute atomic E-state index is 2.62. The number of benzene rings is 6. The van der Waals surface area contributed by atoms with Crippen molar-refractivity contribution in [2.75, 3.05) is 0 Å². The maximum Gasteiger partial charge on any atom is 0.0547 e. The van der Waals surface area contributed by atoms with Gasteiger partial charge in [-0.1, -0.05) is 118 Å². The van der Waals surface area contributed by atoms with Gasteiger partial charge in [0, 0.05) is 27.3 Å². The molecule has 0 atom stereocenters. The summed E-state index contributed by atoms with van der Waals surface area (Å²) in [6, 6.07) is 48.3. The second-order valence-electron chi connectivity index (χ2n) is 14.4. The average Bonchev–Trinajstić information content (AvgIpc) is 3.66. The summed E-state index contributed by atoms with van der Waals surface area (Å²) < 4.78 is 2.42. The summed E-state index contributed by atoms with van der Waals surface area (Å²) in [4.78, 5) is 0. The van der Waals surface area contributed by atoms with E-state index in [4.69, 9.17) is 0 Å². The Bertz CT molecular complexity index is 2360. The van der Waals surface area contributed by atoms with Crippen LogP contribution in [0.15, 0.2) is 127 Å². The smallest absolute Gasteiger partial charge is 0.0547 e. The van der Waals surface area contributed by atoms with Crippen LogP contribution in [-0.4, -0.2) is 4.57 Å². The first kappa shape index (κ1) is 26.3. The highest BCUT2D eigenvalue weighted by molar-refractivity contribution is 6.10. The lowest BCUT2D eigenvalue weighted by Crippen LogP contribution is -2.28. The van der Waals surface area contributed by atoms with Crippen LogP contribution in [0.1, 0.15) is 68.2 Å². The average molecular weight is 592 g/mol. The lowest BCUT2D eigenvalue weighted by molar-refractivity contribution is 0.353. The van der Waals surface area contributed by atoms with Crippen LogP contribution in [0.3, 0.4) is 0 Å². The minimum absolute atomic E-state index is 0.0734. The van der Waals surface area contributed by atoms with E-state index in [2.05, 4.69) is 146 Å². The Labute approximate surface area is 271 Å². The van der Waals surface area contributed by atoms with Gasteiger partial charge in [0.15, 0.2) is 0 Å². The van der Waals surface area contributed by atoms with Crippen LogP contribution in [0.25, 0.3) is 60.9 Å². The molecule has 0 N–H and O–H groups in total. The first-order valence-corrected chi connectivity index (χ1v) is 17.1. The lowest BCUT2D eigenvalue weighted by atomic mass is 9.67. The predicted octanol–water partition coefficient (Wildman–Crippen LogP) is 12.0. The van der Waals surface area contributed by atoms with Crippen LogP contribution in [0.4, 0.5) is 0 Å². The van der Waals surface area contributed by atoms with Crippen molar-refractivity contribution in [3.63, 3.8) is 0 Å². The highest BCUT2D eigenvalue weighted by Gasteiger charge is 2.46. The molecule has 1 spiro atoms. The monoisotopic (exact) mass is 591 g/mol. The van der Waals surface area contributed by atoms with Crippen molar-refractivity contribution in [1.82, 2.24) is 4.57 Å². The molecule has 0 bridgehead atoms. The Balaban J connectivity index is 1.14. The van der Waals surface area contributed by atoms with Crippen LogP contribution in [0, 0.1) is 0 Å². The third kappa shape index (κ3) is 3.41. The van der Waals surface area contributed by atoms with Gasteiger partial charge >= 0.3 is 0 Å². The summed E-state index contributed by atoms with van der Waals surface area (Å²) >= 11 is 0. The number of hydrogen-bond acceptors (Lipinski definition) is 0. The van der Waals surface area contributed by atoms with E-state index < -0.39 is 0 Å². The topological polar surface area (TPSA) is 4.93 Å². The quantitative estimate of drug-likeness (QED) is 0.188. The number of aromatic nitrogens is 1. The molecule has 0 amide bonds. The molecule has 3 aliphatic carbocycles. The fourth-order valence-corrected chi connectivity index (χ4v) is 9.56. The molecule has 1 fully saturated rings. The molecule has 0 unspecified atom stereocenters. The molecule has 0 radical (unpaired) electrons. The standard InChI is InChI=1S/C45H37N/c1-44(2)39-25-29(30-20-22-35-34-16-8-10-18-42(34)46(43(35)26-30)31-13-5-3-6-14-31)19-21-33(39)36-28-41-37(27-40(36)44)32-15-7-9-17-38(32)45(41)23-11-4-12-24-45/h3,5-10,13-22,25-28H,4,11-12,23-24H2,1-2H3. The van der Waals surface area contributed by atoms with Crippen molar-refractivity contribution in [3.8, 4) is 39.1 Å². The molecule has 7 aromatic rings. The molecule has 10 rings (SSSR count). The molecule has 1 heterocycles. The molecule has 1 nitrogen and oxygen atoms in total. The molecule has 1 saturated carbocycles. The SMILES string of the molecule is CC1(C)c2cc(-c3ccc4c5ccccc5n(-c5ccccc5)c4c3)ccc2-c2cc3c(cc21)-c1ccccc1C31CCCCC1. The molecule has 6 aromatic carbocycles. The Morgan fingerprint density at radius 2 is 1.09 bits per heavy atom. The summed E-state index contributed by atoms with van der Waals surface area (Å²) in [6.45, 7) is 4.86. The van der Waals surface area contributed by atoms with Crippen molar-refractivity contribution >= 4 is 21.8 Å². The summed E-state index contributed by atoms with van der Waals surface area (Å²) in [5, 5.41) is 2.59. The molecule has 0 saturated heterocycles. The number of rotatable bonds is 2. The van der Waals surface area contributed by atoms with E-state index in [0.29, 0.717) is 0 Å². The first-order chi connectivity index (χ1) is 22.5. The Morgan fingerprint density at radius 3 is 1.96 bits per heavy atom. The number of hydrogen-bond donors (Lipinski definition) is 0. The minimum atomic E-state index is -0.0734. The van der Waals surface area contributed by atoms with Gasteiger partial charge in [-0.3, -0.25) is 0 Å². The molecule has 222 valence electrons. The third-order valence-corrected chi connectivity index (χ3v) is 11.8. The minimum Gasteiger partial charge on any atom is -0.309 e. The van der Waals surface area contributed by atoms with E-state index in [1.807, 2.05) is 0 Å². The van der Waals surface area contributed by atoms with Crippen LogP contribution < -0.4 is 0 Å². The summed E-state index contributed by atoms with van der Waals surface area (Å²) in [5.41, 5.74) is 18.2. The van der Waals surface area contributed by atoms with E-state index in [1.165, 1.54) is 104 Å². The van der Waals surface area contributed by atoms with Gasteiger partial charge < -0.3 is 4.57 Å². The summed E-state index contributed by atoms with van der Waals surface area (Å²) in [5.74, 6) is 0. The molecule has 0 aliphatic heterocycles. The third-order valence-electron chi connectivity index (χ3n) is 11.8. The van der Waals surface area contributed by atoms with Crippen molar-refractivity contribution in [2.45, 2.75) is 56.8 Å². The van der Waals surface area contributed by atoms with Gasteiger partial charge in [0.25, 0.3) is 0 Å². The van der Waals surface area contributed by atoms with Crippen LogP contribution in [0.2, 0.25) is 0 Å². The van der Waals surface area contributed by atoms with Crippen LogP contribution in [-0.2, 0) is 10.8 Å². The number of nitrogens with zero attached hydrogens (tertiary/aromatic N) is 1. The van der Waals surface area contributed by atoms with Crippen molar-refractivity contribution < 1.29 is 0 Å². The van der Waals surface area contributed by atoms with E-state index in [0.717, 1.165) is 0 Å². The van der Waals surface area contributed by atoms with E-state index in [9.17, 15) is 0 Å². The largest absolute Gasteiger partial charge is 0.309 e. The fourth-order valence-electron chi connectivity index (χ4n) is 9.56. The molecule has 1 heteroatoms. The zero-order valence-electron chi connectivity index (χ0n) is 26.6. The first-order valence-electron chi connectivity index (χ1n) is 17.1. The van der Waals surface area contributed by atoms with Crippen molar-refractivity contribution in [2.24, 2.45) is 0 Å². The predicted molar refractivity (Wildman–Crippen MR) is 193 cm³/mol. The van der Waals surface area contributed by atoms with E-state index in [-0.39, 0.29) is 10.8 Å². The molecular weight excluding hydrogens is 555 g/mol. The van der Waals surface area contributed by atoms with Crippen LogP contribution >= 0.6 is 0 Å². The van der Waals surface area contributed by atoms with Gasteiger partial charge in [0.05, 0.1) is 11.0 Å². The van der Waals surface area contributed by atoms with Gasteiger partial charge in [-0.15, -0.1) is 0 Å². The Kier molecular flexibility index (Phi) is 5.34. The van der Waals surface area contributed by atoms with Gasteiger partial charge in [-0.2, -0.15) is 0 Å². The van der Waals surface area contributed by atoms with Crippen LogP contribution in [0.5, 0.6) is 0 Å². The maximum atomic E-state index is 2.62. The van der Waals surface area contributed by atoms with Crippen molar-refractivity contribution in [1.29, 1.82) is 0 Å². The molecular formula is C45H37N. The fraction of sp³-hybridized carbons (Fsp3) is 0.200. The van der Waals surface area contributed by atoms with Gasteiger partial charge in [0.2, 0.25) is 0 Å². The zero-order valence-corrected chi connectivity index (χ0v) is 26.6. The van der Waals surface area contributed by atoms with E-state index in [1.54, 1.807) is 11.1 Å². The number of para-hydroxylation sites is 2. The zero-order chi connectivity index (χ0) is 30.6. The lowest BCUT2D eigenvalue weighted by Gasteiger charge is -2.36. The second-order valence-corrected chi connectivity index (χ2v) is 14.4. The molecule has 46 heavy (non-hydrogen) atoms. The molecule has 3 aliphatic rings. The Morgan fingerprint density at radius 1 is 0.457 bits per heavy atom. The van der Waals surface area contributed by atoms with Gasteiger partial charge in [-0.25, -0.2) is 0 Å². The highest BCUT2D eigenvalue weighted by Crippen LogP contribution is 2.59. The Hall–Kier alpha value is -4.88. The molecule has 1 aromatic heterocycles. The summed E-state index contributed by atoms with van der Waals surface area (Å²) in [6.07, 6.45) is 6.55. The normalized spacial score (nSPS) is 16.8. The second kappa shape index (κ2) is 9.33. The van der Waals surface area contributed by atoms with E-state index >= 15 is 0 Å². The van der Waals surface area contributed by atoms with Gasteiger partial charge in [0.1, 0.15) is 0 Å².